The summed E-state index contributed by atoms with van der Waals surface area (Å²) in [7, 11) is 1.56. The maximum absolute atomic E-state index is 13.4. The minimum atomic E-state index is -0.403. The van der Waals surface area contributed by atoms with Crippen molar-refractivity contribution in [3.8, 4) is 22.9 Å². The summed E-state index contributed by atoms with van der Waals surface area (Å²) in [6, 6.07) is 23.0. The molecule has 0 aliphatic rings. The number of nitrogens with zero attached hydrogens (tertiary/aromatic N) is 3. The van der Waals surface area contributed by atoms with Crippen LogP contribution in [0, 0.1) is 13.8 Å². The highest BCUT2D eigenvalue weighted by Gasteiger charge is 2.22. The normalized spacial score (nSPS) is 11.3. The molecule has 0 atom stereocenters. The second-order valence-electron chi connectivity index (χ2n) is 12.6. The highest BCUT2D eigenvalue weighted by molar-refractivity contribution is 6.32. The van der Waals surface area contributed by atoms with E-state index in [9.17, 15) is 14.7 Å². The lowest BCUT2D eigenvalue weighted by Crippen LogP contribution is -2.29. The molecule has 11 heteroatoms. The Bertz CT molecular complexity index is 1990. The summed E-state index contributed by atoms with van der Waals surface area (Å²) in [5.74, 6) is 1.71. The zero-order valence-electron chi connectivity index (χ0n) is 27.9. The number of nitrogens with one attached hydrogen (secondary N) is 2. The number of rotatable bonds is 10. The van der Waals surface area contributed by atoms with E-state index in [0.717, 1.165) is 28.1 Å². The number of amides is 2. The summed E-state index contributed by atoms with van der Waals surface area (Å²) in [6.45, 7) is 10.6. The molecule has 250 valence electrons. The number of aromatic nitrogens is 3. The van der Waals surface area contributed by atoms with Gasteiger partial charge in [-0.2, -0.15) is 5.10 Å². The van der Waals surface area contributed by atoms with Gasteiger partial charge in [0.25, 0.3) is 5.56 Å². The van der Waals surface area contributed by atoms with E-state index in [2.05, 4.69) is 10.6 Å². The minimum Gasteiger partial charge on any atom is -0.508 e. The lowest BCUT2D eigenvalue weighted by molar-refractivity contribution is 0.251. The van der Waals surface area contributed by atoms with Crippen molar-refractivity contribution in [1.82, 2.24) is 19.7 Å². The van der Waals surface area contributed by atoms with Crippen LogP contribution in [0.2, 0.25) is 5.02 Å². The van der Waals surface area contributed by atoms with Crippen LogP contribution in [0.4, 0.5) is 10.6 Å². The number of halogens is 1. The molecule has 10 nitrogen and oxygen atoms in total. The van der Waals surface area contributed by atoms with E-state index in [4.69, 9.17) is 26.2 Å². The Labute approximate surface area is 284 Å². The van der Waals surface area contributed by atoms with E-state index < -0.39 is 6.03 Å². The molecule has 0 aliphatic carbocycles. The molecule has 0 saturated heterocycles. The number of hydrogen-bond donors (Lipinski definition) is 3. The fourth-order valence-electron chi connectivity index (χ4n) is 5.17. The minimum absolute atomic E-state index is 0.141. The summed E-state index contributed by atoms with van der Waals surface area (Å²) >= 11 is 6.30. The van der Waals surface area contributed by atoms with Crippen molar-refractivity contribution in [3.63, 3.8) is 0 Å². The Balaban J connectivity index is 1.26. The van der Waals surface area contributed by atoms with Crippen molar-refractivity contribution in [2.45, 2.75) is 59.7 Å². The standard InChI is InChI=1S/C37H40ClN5O5/c1-23-17-32(24(2)35(45)42(23)21-25-11-16-31(47-6)30(38)18-25)48-22-27-10-8-7-9-26(27)20-39-36(46)40-34-19-33(37(3,4)5)41-43(34)28-12-14-29(44)15-13-28/h7-19,44H,20-22H2,1-6H3,(H2,39,40,46). The van der Waals surface area contributed by atoms with E-state index in [0.29, 0.717) is 40.1 Å². The monoisotopic (exact) mass is 669 g/mol. The molecule has 0 spiro atoms. The lowest BCUT2D eigenvalue weighted by atomic mass is 9.92. The fourth-order valence-corrected chi connectivity index (χ4v) is 5.45. The highest BCUT2D eigenvalue weighted by atomic mass is 35.5. The number of aromatic hydroxyl groups is 1. The van der Waals surface area contributed by atoms with Gasteiger partial charge in [-0.05, 0) is 73.0 Å². The van der Waals surface area contributed by atoms with Crippen LogP contribution in [0.3, 0.4) is 0 Å². The Hall–Kier alpha value is -5.22. The Morgan fingerprint density at radius 2 is 1.67 bits per heavy atom. The zero-order valence-corrected chi connectivity index (χ0v) is 28.7. The number of phenols is 1. The molecular formula is C37H40ClN5O5. The molecule has 0 aliphatic heterocycles. The predicted molar refractivity (Wildman–Crippen MR) is 188 cm³/mol. The highest BCUT2D eigenvalue weighted by Crippen LogP contribution is 2.28. The number of anilines is 1. The van der Waals surface area contributed by atoms with Crippen molar-refractivity contribution >= 4 is 23.4 Å². The van der Waals surface area contributed by atoms with Gasteiger partial charge in [-0.25, -0.2) is 9.48 Å². The molecule has 5 aromatic rings. The summed E-state index contributed by atoms with van der Waals surface area (Å²) in [4.78, 5) is 26.5. The van der Waals surface area contributed by atoms with Crippen LogP contribution in [0.15, 0.2) is 83.7 Å². The SMILES string of the molecule is COc1ccc(Cn2c(C)cc(OCc3ccccc3CNC(=O)Nc3cc(C(C)(C)C)nn3-c3ccc(O)cc3)c(C)c2=O)cc1Cl. The fraction of sp³-hybridized carbons (Fsp3) is 0.270. The topological polar surface area (TPSA) is 120 Å². The van der Waals surface area contributed by atoms with Crippen LogP contribution in [-0.2, 0) is 25.1 Å². The van der Waals surface area contributed by atoms with Crippen LogP contribution in [0.5, 0.6) is 17.2 Å². The van der Waals surface area contributed by atoms with E-state index in [1.165, 1.54) is 0 Å². The zero-order chi connectivity index (χ0) is 34.6. The summed E-state index contributed by atoms with van der Waals surface area (Å²) in [6.07, 6.45) is 0. The third kappa shape index (κ3) is 7.83. The summed E-state index contributed by atoms with van der Waals surface area (Å²) < 4.78 is 14.8. The number of methoxy groups -OCH3 is 1. The van der Waals surface area contributed by atoms with E-state index in [1.807, 2.05) is 70.2 Å². The molecule has 2 amide bonds. The first-order valence-electron chi connectivity index (χ1n) is 15.5. The molecule has 2 aromatic heterocycles. The summed E-state index contributed by atoms with van der Waals surface area (Å²) in [5, 5.41) is 20.8. The quantitative estimate of drug-likeness (QED) is 0.144. The van der Waals surface area contributed by atoms with Gasteiger partial charge in [-0.15, -0.1) is 0 Å². The Morgan fingerprint density at radius 3 is 2.33 bits per heavy atom. The molecule has 0 fully saturated rings. The second kappa shape index (κ2) is 14.3. The average Bonchev–Trinajstić information content (AvgIpc) is 3.48. The lowest BCUT2D eigenvalue weighted by Gasteiger charge is -2.17. The Morgan fingerprint density at radius 1 is 0.958 bits per heavy atom. The first kappa shape index (κ1) is 34.1. The molecule has 0 unspecified atom stereocenters. The number of benzene rings is 3. The van der Waals surface area contributed by atoms with Crippen LogP contribution < -0.4 is 25.7 Å². The molecule has 2 heterocycles. The predicted octanol–water partition coefficient (Wildman–Crippen LogP) is 7.26. The smallest absolute Gasteiger partial charge is 0.320 e. The van der Waals surface area contributed by atoms with Gasteiger partial charge in [0.2, 0.25) is 0 Å². The molecule has 5 rings (SSSR count). The number of phenolic OH excluding ortho intramolecular Hbond substituents is 1. The number of aryl methyl sites for hydroxylation is 1. The number of pyridine rings is 1. The first-order valence-corrected chi connectivity index (χ1v) is 15.9. The number of carbonyl (C=O) groups excluding carboxylic acids is 1. The van der Waals surface area contributed by atoms with Crippen LogP contribution in [0.1, 0.15) is 54.4 Å². The van der Waals surface area contributed by atoms with Gasteiger partial charge in [-0.3, -0.25) is 10.1 Å². The van der Waals surface area contributed by atoms with Crippen molar-refractivity contribution < 1.29 is 19.4 Å². The average molecular weight is 670 g/mol. The maximum Gasteiger partial charge on any atom is 0.320 e. The third-order valence-electron chi connectivity index (χ3n) is 8.01. The molecule has 0 saturated carbocycles. The van der Waals surface area contributed by atoms with Gasteiger partial charge in [-0.1, -0.05) is 62.7 Å². The number of ether oxygens (including phenoxy) is 2. The Kier molecular flexibility index (Phi) is 10.1. The number of hydrogen-bond acceptors (Lipinski definition) is 6. The molecule has 48 heavy (non-hydrogen) atoms. The second-order valence-corrected chi connectivity index (χ2v) is 13.0. The van der Waals surface area contributed by atoms with E-state index in [-0.39, 0.29) is 29.9 Å². The van der Waals surface area contributed by atoms with Gasteiger partial charge in [0.15, 0.2) is 0 Å². The first-order chi connectivity index (χ1) is 22.8. The van der Waals surface area contributed by atoms with Crippen LogP contribution in [0.25, 0.3) is 5.69 Å². The molecule has 3 N–H and O–H groups in total. The summed E-state index contributed by atoms with van der Waals surface area (Å²) in [5.41, 5.74) is 4.97. The third-order valence-corrected chi connectivity index (χ3v) is 8.31. The van der Waals surface area contributed by atoms with Crippen LogP contribution in [-0.4, -0.2) is 32.6 Å². The van der Waals surface area contributed by atoms with Crippen molar-refractivity contribution in [1.29, 1.82) is 0 Å². The van der Waals surface area contributed by atoms with Crippen LogP contribution >= 0.6 is 11.6 Å². The van der Waals surface area contributed by atoms with Gasteiger partial charge in [0.1, 0.15) is 29.7 Å². The number of carbonyl (C=O) groups is 1. The maximum atomic E-state index is 13.4. The van der Waals surface area contributed by atoms with Crippen molar-refractivity contribution in [2.75, 3.05) is 12.4 Å². The molecular weight excluding hydrogens is 630 g/mol. The van der Waals surface area contributed by atoms with E-state index in [1.54, 1.807) is 59.7 Å². The van der Waals surface area contributed by atoms with Gasteiger partial charge in [0.05, 0.1) is 35.6 Å². The molecule has 3 aromatic carbocycles. The largest absolute Gasteiger partial charge is 0.508 e. The van der Waals surface area contributed by atoms with Gasteiger partial charge >= 0.3 is 6.03 Å². The van der Waals surface area contributed by atoms with Gasteiger partial charge < -0.3 is 24.5 Å². The molecule has 0 bridgehead atoms. The number of urea groups is 1. The van der Waals surface area contributed by atoms with Crippen molar-refractivity contribution in [3.05, 3.63) is 128 Å². The van der Waals surface area contributed by atoms with E-state index >= 15 is 0 Å². The van der Waals surface area contributed by atoms with Crippen molar-refractivity contribution in [2.24, 2.45) is 0 Å². The van der Waals surface area contributed by atoms with Gasteiger partial charge in [0, 0.05) is 23.7 Å². The molecule has 0 radical (unpaired) electrons.